The van der Waals surface area contributed by atoms with Crippen LogP contribution in [0.1, 0.15) is 18.4 Å². The van der Waals surface area contributed by atoms with Gasteiger partial charge in [0.05, 0.1) is 19.2 Å². The van der Waals surface area contributed by atoms with E-state index in [-0.39, 0.29) is 11.8 Å². The molecule has 6 nitrogen and oxygen atoms in total. The SMILES string of the molecule is COc1ccc(NC(=O)C2(C(=O)NCc3ccccc3OC)CC2)cc1Cl. The van der Waals surface area contributed by atoms with Crippen molar-refractivity contribution in [2.75, 3.05) is 19.5 Å². The van der Waals surface area contributed by atoms with Gasteiger partial charge in [-0.25, -0.2) is 0 Å². The second-order valence-corrected chi connectivity index (χ2v) is 6.79. The fraction of sp³-hybridized carbons (Fsp3) is 0.300. The van der Waals surface area contributed by atoms with Gasteiger partial charge in [0.2, 0.25) is 11.8 Å². The summed E-state index contributed by atoms with van der Waals surface area (Å²) in [5, 5.41) is 6.01. The molecule has 0 saturated heterocycles. The first kappa shape index (κ1) is 19.0. The molecule has 3 rings (SSSR count). The van der Waals surface area contributed by atoms with Crippen LogP contribution in [0.15, 0.2) is 42.5 Å². The summed E-state index contributed by atoms with van der Waals surface area (Å²) >= 11 is 6.08. The zero-order chi connectivity index (χ0) is 19.4. The standard InChI is InChI=1S/C20H21ClN2O4/c1-26-16-6-4-3-5-13(16)12-22-18(24)20(9-10-20)19(25)23-14-7-8-17(27-2)15(21)11-14/h3-8,11H,9-10,12H2,1-2H3,(H,22,24)(H,23,25). The third kappa shape index (κ3) is 4.01. The van der Waals surface area contributed by atoms with Gasteiger partial charge in [0, 0.05) is 17.8 Å². The van der Waals surface area contributed by atoms with Crippen LogP contribution in [0.5, 0.6) is 11.5 Å². The van der Waals surface area contributed by atoms with Gasteiger partial charge in [-0.3, -0.25) is 9.59 Å². The summed E-state index contributed by atoms with van der Waals surface area (Å²) in [5.41, 5.74) is 0.343. The number of hydrogen-bond donors (Lipinski definition) is 2. The van der Waals surface area contributed by atoms with Crippen molar-refractivity contribution in [2.24, 2.45) is 5.41 Å². The van der Waals surface area contributed by atoms with Crippen LogP contribution in [-0.4, -0.2) is 26.0 Å². The van der Waals surface area contributed by atoms with Gasteiger partial charge < -0.3 is 20.1 Å². The number of halogens is 1. The Kier molecular flexibility index (Phi) is 5.56. The summed E-state index contributed by atoms with van der Waals surface area (Å²) in [6, 6.07) is 12.4. The van der Waals surface area contributed by atoms with Crippen molar-refractivity contribution in [1.82, 2.24) is 5.32 Å². The van der Waals surface area contributed by atoms with E-state index in [0.717, 1.165) is 5.56 Å². The molecule has 0 spiro atoms. The smallest absolute Gasteiger partial charge is 0.240 e. The Hall–Kier alpha value is -2.73. The largest absolute Gasteiger partial charge is 0.496 e. The topological polar surface area (TPSA) is 76.7 Å². The maximum absolute atomic E-state index is 12.7. The van der Waals surface area contributed by atoms with Crippen molar-refractivity contribution in [3.8, 4) is 11.5 Å². The number of amides is 2. The van der Waals surface area contributed by atoms with E-state index in [4.69, 9.17) is 21.1 Å². The van der Waals surface area contributed by atoms with E-state index >= 15 is 0 Å². The van der Waals surface area contributed by atoms with E-state index in [1.165, 1.54) is 7.11 Å². The second kappa shape index (κ2) is 7.88. The monoisotopic (exact) mass is 388 g/mol. The number of rotatable bonds is 7. The molecule has 2 N–H and O–H groups in total. The van der Waals surface area contributed by atoms with Crippen LogP contribution in [0, 0.1) is 5.41 Å². The van der Waals surface area contributed by atoms with Crippen molar-refractivity contribution in [1.29, 1.82) is 0 Å². The summed E-state index contributed by atoms with van der Waals surface area (Å²) in [6.07, 6.45) is 1.03. The number of ether oxygens (including phenoxy) is 2. The molecule has 1 aliphatic carbocycles. The van der Waals surface area contributed by atoms with Crippen LogP contribution >= 0.6 is 11.6 Å². The lowest BCUT2D eigenvalue weighted by Crippen LogP contribution is -2.39. The van der Waals surface area contributed by atoms with Crippen LogP contribution < -0.4 is 20.1 Å². The quantitative estimate of drug-likeness (QED) is 0.713. The molecular formula is C20H21ClN2O4. The van der Waals surface area contributed by atoms with Crippen LogP contribution in [-0.2, 0) is 16.1 Å². The summed E-state index contributed by atoms with van der Waals surface area (Å²) in [4.78, 5) is 25.3. The second-order valence-electron chi connectivity index (χ2n) is 6.38. The summed E-state index contributed by atoms with van der Waals surface area (Å²) in [7, 11) is 3.10. The number of benzene rings is 2. The molecule has 0 bridgehead atoms. The van der Waals surface area contributed by atoms with Gasteiger partial charge >= 0.3 is 0 Å². The molecule has 0 aromatic heterocycles. The predicted molar refractivity (Wildman–Crippen MR) is 103 cm³/mol. The molecule has 0 aliphatic heterocycles. The molecule has 0 heterocycles. The predicted octanol–water partition coefficient (Wildman–Crippen LogP) is 3.39. The lowest BCUT2D eigenvalue weighted by molar-refractivity contribution is -0.134. The third-order valence-corrected chi connectivity index (χ3v) is 4.96. The third-order valence-electron chi connectivity index (χ3n) is 4.66. The molecule has 0 radical (unpaired) electrons. The summed E-state index contributed by atoms with van der Waals surface area (Å²) in [5.74, 6) is 0.595. The number of hydrogen-bond acceptors (Lipinski definition) is 4. The van der Waals surface area contributed by atoms with Gasteiger partial charge in [-0.05, 0) is 37.1 Å². The average Bonchev–Trinajstić information content (AvgIpc) is 3.48. The van der Waals surface area contributed by atoms with Gasteiger partial charge in [0.1, 0.15) is 16.9 Å². The Labute approximate surface area is 162 Å². The molecule has 142 valence electrons. The van der Waals surface area contributed by atoms with E-state index in [2.05, 4.69) is 10.6 Å². The van der Waals surface area contributed by atoms with E-state index in [1.807, 2.05) is 24.3 Å². The van der Waals surface area contributed by atoms with Crippen molar-refractivity contribution in [3.63, 3.8) is 0 Å². The zero-order valence-electron chi connectivity index (χ0n) is 15.2. The highest BCUT2D eigenvalue weighted by molar-refractivity contribution is 6.32. The summed E-state index contributed by atoms with van der Waals surface area (Å²) in [6.45, 7) is 0.298. The Morgan fingerprint density at radius 1 is 1.04 bits per heavy atom. The van der Waals surface area contributed by atoms with E-state index in [1.54, 1.807) is 25.3 Å². The van der Waals surface area contributed by atoms with Crippen molar-refractivity contribution in [3.05, 3.63) is 53.1 Å². The molecule has 2 aromatic rings. The van der Waals surface area contributed by atoms with Crippen molar-refractivity contribution in [2.45, 2.75) is 19.4 Å². The molecule has 0 atom stereocenters. The lowest BCUT2D eigenvalue weighted by atomic mass is 10.0. The number of nitrogens with one attached hydrogen (secondary N) is 2. The highest BCUT2D eigenvalue weighted by Crippen LogP contribution is 2.47. The molecule has 0 unspecified atom stereocenters. The summed E-state index contributed by atoms with van der Waals surface area (Å²) < 4.78 is 10.4. The Morgan fingerprint density at radius 2 is 1.74 bits per heavy atom. The fourth-order valence-electron chi connectivity index (χ4n) is 2.87. The molecule has 1 aliphatic rings. The van der Waals surface area contributed by atoms with Gasteiger partial charge in [-0.1, -0.05) is 29.8 Å². The highest BCUT2D eigenvalue weighted by atomic mass is 35.5. The average molecular weight is 389 g/mol. The molecule has 2 aromatic carbocycles. The van der Waals surface area contributed by atoms with E-state index < -0.39 is 5.41 Å². The molecular weight excluding hydrogens is 368 g/mol. The van der Waals surface area contributed by atoms with Crippen LogP contribution in [0.3, 0.4) is 0 Å². The van der Waals surface area contributed by atoms with Gasteiger partial charge in [0.25, 0.3) is 0 Å². The normalized spacial score (nSPS) is 14.2. The van der Waals surface area contributed by atoms with Crippen molar-refractivity contribution >= 4 is 29.1 Å². The fourth-order valence-corrected chi connectivity index (χ4v) is 3.13. The number of carbonyl (C=O) groups is 2. The van der Waals surface area contributed by atoms with Gasteiger partial charge in [0.15, 0.2) is 0 Å². The Morgan fingerprint density at radius 3 is 2.37 bits per heavy atom. The Balaban J connectivity index is 1.64. The maximum Gasteiger partial charge on any atom is 0.240 e. The first-order valence-corrected chi connectivity index (χ1v) is 8.93. The molecule has 1 fully saturated rings. The van der Waals surface area contributed by atoms with Crippen molar-refractivity contribution < 1.29 is 19.1 Å². The Bertz CT molecular complexity index is 865. The number of anilines is 1. The van der Waals surface area contributed by atoms with Crippen LogP contribution in [0.4, 0.5) is 5.69 Å². The first-order chi connectivity index (χ1) is 13.0. The lowest BCUT2D eigenvalue weighted by Gasteiger charge is -2.16. The minimum Gasteiger partial charge on any atom is -0.496 e. The highest BCUT2D eigenvalue weighted by Gasteiger charge is 2.56. The number of para-hydroxylation sites is 1. The molecule has 27 heavy (non-hydrogen) atoms. The van der Waals surface area contributed by atoms with E-state index in [0.29, 0.717) is 41.6 Å². The minimum atomic E-state index is -1.03. The minimum absolute atomic E-state index is 0.287. The maximum atomic E-state index is 12.7. The van der Waals surface area contributed by atoms with Crippen LogP contribution in [0.2, 0.25) is 5.02 Å². The molecule has 7 heteroatoms. The van der Waals surface area contributed by atoms with Gasteiger partial charge in [-0.2, -0.15) is 0 Å². The zero-order valence-corrected chi connectivity index (χ0v) is 15.9. The first-order valence-electron chi connectivity index (χ1n) is 8.55. The number of carbonyl (C=O) groups excluding carboxylic acids is 2. The van der Waals surface area contributed by atoms with E-state index in [9.17, 15) is 9.59 Å². The van der Waals surface area contributed by atoms with Gasteiger partial charge in [-0.15, -0.1) is 0 Å². The molecule has 1 saturated carbocycles. The number of methoxy groups -OCH3 is 2. The van der Waals surface area contributed by atoms with Crippen LogP contribution in [0.25, 0.3) is 0 Å². The molecule has 2 amide bonds.